The molecule has 1 aliphatic heterocycles. The van der Waals surface area contributed by atoms with Crippen LogP contribution in [0.4, 0.5) is 5.69 Å². The molecule has 1 aromatic heterocycles. The van der Waals surface area contributed by atoms with E-state index in [2.05, 4.69) is 23.7 Å². The number of unbranched alkanes of at least 4 members (excludes halogenated alkanes) is 1. The molecule has 2 aromatic rings. The predicted octanol–water partition coefficient (Wildman–Crippen LogP) is 4.11. The van der Waals surface area contributed by atoms with Crippen LogP contribution in [0.25, 0.3) is 0 Å². The lowest BCUT2D eigenvalue weighted by atomic mass is 10.1. The molecule has 3 nitrogen and oxygen atoms in total. The smallest absolute Gasteiger partial charge is 0.257 e. The first kappa shape index (κ1) is 13.2. The number of benzene rings is 1. The van der Waals surface area contributed by atoms with E-state index in [1.54, 1.807) is 11.3 Å². The van der Waals surface area contributed by atoms with Crippen molar-refractivity contribution in [1.82, 2.24) is 4.90 Å². The number of thiophene rings is 1. The summed E-state index contributed by atoms with van der Waals surface area (Å²) in [6, 6.07) is 11.9. The minimum atomic E-state index is -0.0380. The van der Waals surface area contributed by atoms with Crippen molar-refractivity contribution in [2.45, 2.75) is 25.9 Å². The van der Waals surface area contributed by atoms with Crippen LogP contribution in [0.2, 0.25) is 0 Å². The lowest BCUT2D eigenvalue weighted by molar-refractivity contribution is 0.0683. The van der Waals surface area contributed by atoms with Gasteiger partial charge in [-0.2, -0.15) is 0 Å². The summed E-state index contributed by atoms with van der Waals surface area (Å²) >= 11 is 1.69. The first-order chi connectivity index (χ1) is 9.81. The third kappa shape index (κ3) is 2.31. The molecule has 1 unspecified atom stereocenters. The maximum absolute atomic E-state index is 12.7. The van der Waals surface area contributed by atoms with Gasteiger partial charge >= 0.3 is 0 Å². The second-order valence-corrected chi connectivity index (χ2v) is 5.94. The van der Waals surface area contributed by atoms with Gasteiger partial charge in [-0.05, 0) is 30.0 Å². The summed E-state index contributed by atoms with van der Waals surface area (Å²) in [6.07, 6.45) is 2.07. The van der Waals surface area contributed by atoms with Crippen molar-refractivity contribution in [3.05, 3.63) is 52.2 Å². The van der Waals surface area contributed by atoms with Gasteiger partial charge < -0.3 is 10.2 Å². The van der Waals surface area contributed by atoms with Crippen LogP contribution < -0.4 is 5.32 Å². The predicted molar refractivity (Wildman–Crippen MR) is 83.1 cm³/mol. The largest absolute Gasteiger partial charge is 0.360 e. The van der Waals surface area contributed by atoms with Crippen LogP contribution in [0, 0.1) is 0 Å². The maximum atomic E-state index is 12.7. The highest BCUT2D eigenvalue weighted by atomic mass is 32.1. The number of para-hydroxylation sites is 1. The zero-order valence-electron chi connectivity index (χ0n) is 11.5. The fourth-order valence-corrected chi connectivity index (χ4v) is 3.31. The van der Waals surface area contributed by atoms with Gasteiger partial charge in [0.1, 0.15) is 6.17 Å². The summed E-state index contributed by atoms with van der Waals surface area (Å²) in [6.45, 7) is 2.94. The number of nitrogens with one attached hydrogen (secondary N) is 1. The molecule has 104 valence electrons. The summed E-state index contributed by atoms with van der Waals surface area (Å²) in [5.41, 5.74) is 1.71. The average Bonchev–Trinajstić information content (AvgIpc) is 3.00. The number of carbonyl (C=O) groups excluding carboxylic acids is 1. The molecule has 2 heterocycles. The van der Waals surface area contributed by atoms with Crippen molar-refractivity contribution in [1.29, 1.82) is 0 Å². The van der Waals surface area contributed by atoms with Crippen molar-refractivity contribution in [3.8, 4) is 0 Å². The quantitative estimate of drug-likeness (QED) is 0.917. The van der Waals surface area contributed by atoms with Gasteiger partial charge in [-0.25, -0.2) is 0 Å². The monoisotopic (exact) mass is 286 g/mol. The Labute approximate surface area is 123 Å². The van der Waals surface area contributed by atoms with E-state index >= 15 is 0 Å². The van der Waals surface area contributed by atoms with Gasteiger partial charge in [0.05, 0.1) is 5.56 Å². The summed E-state index contributed by atoms with van der Waals surface area (Å²) in [4.78, 5) is 15.9. The molecule has 1 N–H and O–H groups in total. The van der Waals surface area contributed by atoms with Crippen molar-refractivity contribution in [2.75, 3.05) is 11.9 Å². The number of carbonyl (C=O) groups is 1. The van der Waals surface area contributed by atoms with Crippen LogP contribution in [-0.4, -0.2) is 17.4 Å². The van der Waals surface area contributed by atoms with Crippen molar-refractivity contribution in [3.63, 3.8) is 0 Å². The Morgan fingerprint density at radius 1 is 1.25 bits per heavy atom. The lowest BCUT2D eigenvalue weighted by Gasteiger charge is -2.37. The number of anilines is 1. The average molecular weight is 286 g/mol. The SMILES string of the molecule is CCCCN1C(=O)c2ccccc2NC1c1cccs1. The molecule has 3 rings (SSSR count). The van der Waals surface area contributed by atoms with Gasteiger partial charge in [0, 0.05) is 17.1 Å². The van der Waals surface area contributed by atoms with Crippen LogP contribution in [-0.2, 0) is 0 Å². The Bertz CT molecular complexity index is 594. The Balaban J connectivity index is 1.98. The molecule has 1 aromatic carbocycles. The Kier molecular flexibility index (Phi) is 3.74. The van der Waals surface area contributed by atoms with E-state index in [9.17, 15) is 4.79 Å². The Morgan fingerprint density at radius 2 is 2.10 bits per heavy atom. The van der Waals surface area contributed by atoms with E-state index in [1.165, 1.54) is 4.88 Å². The van der Waals surface area contributed by atoms with E-state index in [4.69, 9.17) is 0 Å². The summed E-state index contributed by atoms with van der Waals surface area (Å²) in [7, 11) is 0. The molecule has 1 aliphatic rings. The first-order valence-electron chi connectivity index (χ1n) is 7.01. The number of fused-ring (bicyclic) bond motifs is 1. The molecule has 20 heavy (non-hydrogen) atoms. The molecule has 0 spiro atoms. The van der Waals surface area contributed by atoms with Crippen LogP contribution in [0.15, 0.2) is 41.8 Å². The van der Waals surface area contributed by atoms with Crippen molar-refractivity contribution in [2.24, 2.45) is 0 Å². The van der Waals surface area contributed by atoms with Crippen LogP contribution in [0.5, 0.6) is 0 Å². The highest BCUT2D eigenvalue weighted by molar-refractivity contribution is 7.10. The number of hydrogen-bond acceptors (Lipinski definition) is 3. The number of hydrogen-bond donors (Lipinski definition) is 1. The van der Waals surface area contributed by atoms with E-state index in [0.717, 1.165) is 30.6 Å². The van der Waals surface area contributed by atoms with E-state index < -0.39 is 0 Å². The second-order valence-electron chi connectivity index (χ2n) is 4.96. The molecule has 0 saturated heterocycles. The standard InChI is InChI=1S/C16H18N2OS/c1-2-3-10-18-15(14-9-6-11-20-14)17-13-8-5-4-7-12(13)16(18)19/h4-9,11,15,17H,2-3,10H2,1H3. The molecular formula is C16H18N2OS. The van der Waals surface area contributed by atoms with E-state index in [0.29, 0.717) is 0 Å². The van der Waals surface area contributed by atoms with Crippen LogP contribution in [0.1, 0.15) is 41.2 Å². The van der Waals surface area contributed by atoms with E-state index in [-0.39, 0.29) is 12.1 Å². The molecule has 0 aliphatic carbocycles. The Morgan fingerprint density at radius 3 is 2.85 bits per heavy atom. The maximum Gasteiger partial charge on any atom is 0.257 e. The van der Waals surface area contributed by atoms with Gasteiger partial charge in [-0.3, -0.25) is 4.79 Å². The third-order valence-electron chi connectivity index (χ3n) is 3.59. The first-order valence-corrected chi connectivity index (χ1v) is 7.89. The van der Waals surface area contributed by atoms with Gasteiger partial charge in [-0.1, -0.05) is 31.5 Å². The van der Waals surface area contributed by atoms with Gasteiger partial charge in [0.15, 0.2) is 0 Å². The molecule has 1 atom stereocenters. The zero-order valence-corrected chi connectivity index (χ0v) is 12.3. The summed E-state index contributed by atoms with van der Waals surface area (Å²) in [5, 5.41) is 5.56. The fraction of sp³-hybridized carbons (Fsp3) is 0.312. The van der Waals surface area contributed by atoms with E-state index in [1.807, 2.05) is 35.2 Å². The minimum absolute atomic E-state index is 0.0380. The van der Waals surface area contributed by atoms with Crippen molar-refractivity contribution >= 4 is 22.9 Å². The molecule has 0 fully saturated rings. The number of nitrogens with zero attached hydrogens (tertiary/aromatic N) is 1. The molecule has 0 bridgehead atoms. The topological polar surface area (TPSA) is 32.3 Å². The molecule has 1 amide bonds. The third-order valence-corrected chi connectivity index (χ3v) is 4.51. The summed E-state index contributed by atoms with van der Waals surface area (Å²) < 4.78 is 0. The zero-order chi connectivity index (χ0) is 13.9. The highest BCUT2D eigenvalue weighted by Gasteiger charge is 2.32. The summed E-state index contributed by atoms with van der Waals surface area (Å²) in [5.74, 6) is 0.131. The molecule has 0 radical (unpaired) electrons. The van der Waals surface area contributed by atoms with Gasteiger partial charge in [0.25, 0.3) is 5.91 Å². The minimum Gasteiger partial charge on any atom is -0.360 e. The van der Waals surface area contributed by atoms with Gasteiger partial charge in [-0.15, -0.1) is 11.3 Å². The van der Waals surface area contributed by atoms with Crippen LogP contribution >= 0.6 is 11.3 Å². The normalized spacial score (nSPS) is 17.8. The number of rotatable bonds is 4. The molecular weight excluding hydrogens is 268 g/mol. The lowest BCUT2D eigenvalue weighted by Crippen LogP contribution is -2.43. The molecule has 4 heteroatoms. The van der Waals surface area contributed by atoms with Crippen LogP contribution in [0.3, 0.4) is 0 Å². The second kappa shape index (κ2) is 5.67. The number of amides is 1. The highest BCUT2D eigenvalue weighted by Crippen LogP contribution is 2.34. The fourth-order valence-electron chi connectivity index (χ4n) is 2.52. The van der Waals surface area contributed by atoms with Crippen molar-refractivity contribution < 1.29 is 4.79 Å². The van der Waals surface area contributed by atoms with Gasteiger partial charge in [0.2, 0.25) is 0 Å². The molecule has 0 saturated carbocycles. The Hall–Kier alpha value is -1.81.